The number of carbonyl (C=O) groups excluding carboxylic acids is 1. The zero-order valence-electron chi connectivity index (χ0n) is 13.4. The van der Waals surface area contributed by atoms with Crippen molar-refractivity contribution >= 4 is 17.7 Å². The van der Waals surface area contributed by atoms with Crippen LogP contribution in [-0.2, 0) is 10.2 Å². The van der Waals surface area contributed by atoms with Crippen molar-refractivity contribution in [3.8, 4) is 0 Å². The average molecular weight is 304 g/mol. The summed E-state index contributed by atoms with van der Waals surface area (Å²) in [6.07, 6.45) is 4.25. The number of hydrogen-bond acceptors (Lipinski definition) is 2. The van der Waals surface area contributed by atoms with Gasteiger partial charge in [-0.2, -0.15) is 0 Å². The summed E-state index contributed by atoms with van der Waals surface area (Å²) in [5, 5.41) is 3.24. The molecule has 3 heteroatoms. The molecule has 1 fully saturated rings. The Morgan fingerprint density at radius 3 is 2.52 bits per heavy atom. The van der Waals surface area contributed by atoms with Gasteiger partial charge in [0.05, 0.1) is 6.54 Å². The van der Waals surface area contributed by atoms with Gasteiger partial charge in [-0.15, -0.1) is 0 Å². The maximum absolute atomic E-state index is 12.2. The molecule has 1 N–H and O–H groups in total. The Hall–Kier alpha value is -2.55. The summed E-state index contributed by atoms with van der Waals surface area (Å²) in [6.45, 7) is 4.80. The summed E-state index contributed by atoms with van der Waals surface area (Å²) < 4.78 is 0. The first-order valence-corrected chi connectivity index (χ1v) is 7.97. The lowest BCUT2D eigenvalue weighted by Crippen LogP contribution is -2.58. The number of nitrogens with zero attached hydrogens (tertiary/aromatic N) is 1. The Morgan fingerprint density at radius 1 is 1.04 bits per heavy atom. The number of nitrogens with one attached hydrogen (secondary N) is 1. The lowest BCUT2D eigenvalue weighted by atomic mass is 9.75. The van der Waals surface area contributed by atoms with Crippen molar-refractivity contribution in [2.45, 2.75) is 24.9 Å². The largest absolute Gasteiger partial charge is 0.335 e. The molecule has 1 saturated heterocycles. The molecular formula is C20H20N2O. The van der Waals surface area contributed by atoms with Gasteiger partial charge in [-0.3, -0.25) is 4.79 Å². The second-order valence-electron chi connectivity index (χ2n) is 6.79. The van der Waals surface area contributed by atoms with E-state index in [2.05, 4.69) is 66.5 Å². The van der Waals surface area contributed by atoms with Crippen LogP contribution < -0.4 is 10.2 Å². The van der Waals surface area contributed by atoms with Gasteiger partial charge in [-0.1, -0.05) is 68.5 Å². The van der Waals surface area contributed by atoms with Crippen molar-refractivity contribution in [2.24, 2.45) is 0 Å². The van der Waals surface area contributed by atoms with Gasteiger partial charge in [-0.25, -0.2) is 0 Å². The molecule has 3 nitrogen and oxygen atoms in total. The van der Waals surface area contributed by atoms with E-state index in [0.717, 1.165) is 11.3 Å². The fourth-order valence-electron chi connectivity index (χ4n) is 3.92. The van der Waals surface area contributed by atoms with Crippen molar-refractivity contribution in [3.63, 3.8) is 0 Å². The van der Waals surface area contributed by atoms with Gasteiger partial charge in [0.1, 0.15) is 5.66 Å². The van der Waals surface area contributed by atoms with Crippen LogP contribution in [0.4, 0.5) is 5.69 Å². The molecule has 2 aromatic rings. The van der Waals surface area contributed by atoms with E-state index >= 15 is 0 Å². The molecule has 0 radical (unpaired) electrons. The highest BCUT2D eigenvalue weighted by Gasteiger charge is 2.59. The summed E-state index contributed by atoms with van der Waals surface area (Å²) in [7, 11) is 0. The SMILES string of the molecule is CC1(C)c2ccccc2N2CC(=O)N[C@@]21C=Cc1ccccc1. The second kappa shape index (κ2) is 4.72. The zero-order chi connectivity index (χ0) is 16.1. The Kier molecular flexibility index (Phi) is 2.89. The van der Waals surface area contributed by atoms with Crippen molar-refractivity contribution in [3.05, 3.63) is 71.8 Å². The third kappa shape index (κ3) is 1.86. The maximum Gasteiger partial charge on any atom is 0.241 e. The first kappa shape index (κ1) is 14.1. The van der Waals surface area contributed by atoms with Crippen LogP contribution in [-0.4, -0.2) is 18.1 Å². The second-order valence-corrected chi connectivity index (χ2v) is 6.79. The van der Waals surface area contributed by atoms with Gasteiger partial charge in [0.2, 0.25) is 5.91 Å². The molecule has 0 spiro atoms. The van der Waals surface area contributed by atoms with Crippen LogP contribution in [0, 0.1) is 0 Å². The quantitative estimate of drug-likeness (QED) is 0.923. The number of para-hydroxylation sites is 1. The van der Waals surface area contributed by atoms with Gasteiger partial charge in [0, 0.05) is 11.1 Å². The van der Waals surface area contributed by atoms with Crippen molar-refractivity contribution in [2.75, 3.05) is 11.4 Å². The topological polar surface area (TPSA) is 32.3 Å². The number of fused-ring (bicyclic) bond motifs is 3. The number of anilines is 1. The summed E-state index contributed by atoms with van der Waals surface area (Å²) in [5.74, 6) is 0.0743. The van der Waals surface area contributed by atoms with Crippen LogP contribution >= 0.6 is 0 Å². The Labute approximate surface area is 136 Å². The molecule has 0 aromatic heterocycles. The number of hydrogen-bond donors (Lipinski definition) is 1. The molecule has 2 aliphatic rings. The summed E-state index contributed by atoms with van der Waals surface area (Å²) in [4.78, 5) is 14.4. The maximum atomic E-state index is 12.2. The molecule has 1 amide bonds. The zero-order valence-corrected chi connectivity index (χ0v) is 13.4. The van der Waals surface area contributed by atoms with Crippen molar-refractivity contribution < 1.29 is 4.79 Å². The molecule has 116 valence electrons. The van der Waals surface area contributed by atoms with Gasteiger partial charge in [0.15, 0.2) is 0 Å². The molecule has 2 aliphatic heterocycles. The molecule has 2 aromatic carbocycles. The van der Waals surface area contributed by atoms with Gasteiger partial charge in [-0.05, 0) is 23.3 Å². The molecule has 0 saturated carbocycles. The van der Waals surface area contributed by atoms with Crippen LogP contribution in [0.25, 0.3) is 6.08 Å². The molecule has 4 rings (SSSR count). The van der Waals surface area contributed by atoms with Crippen molar-refractivity contribution in [1.29, 1.82) is 0 Å². The van der Waals surface area contributed by atoms with E-state index in [9.17, 15) is 4.79 Å². The van der Waals surface area contributed by atoms with E-state index in [1.54, 1.807) is 0 Å². The highest BCUT2D eigenvalue weighted by atomic mass is 16.2. The van der Waals surface area contributed by atoms with Crippen LogP contribution in [0.2, 0.25) is 0 Å². The predicted octanol–water partition coefficient (Wildman–Crippen LogP) is 3.32. The van der Waals surface area contributed by atoms with Crippen LogP contribution in [0.15, 0.2) is 60.7 Å². The Balaban J connectivity index is 1.85. The Bertz CT molecular complexity index is 794. The lowest BCUT2D eigenvalue weighted by Gasteiger charge is -2.40. The highest BCUT2D eigenvalue weighted by molar-refractivity contribution is 5.91. The molecule has 0 aliphatic carbocycles. The smallest absolute Gasteiger partial charge is 0.241 e. The van der Waals surface area contributed by atoms with Crippen LogP contribution in [0.3, 0.4) is 0 Å². The third-order valence-electron chi connectivity index (χ3n) is 5.20. The monoisotopic (exact) mass is 304 g/mol. The molecular weight excluding hydrogens is 284 g/mol. The first-order chi connectivity index (χ1) is 11.0. The first-order valence-electron chi connectivity index (χ1n) is 7.97. The Morgan fingerprint density at radius 2 is 1.74 bits per heavy atom. The minimum absolute atomic E-state index is 0.0743. The fraction of sp³-hybridized carbons (Fsp3) is 0.250. The summed E-state index contributed by atoms with van der Waals surface area (Å²) >= 11 is 0. The minimum Gasteiger partial charge on any atom is -0.335 e. The van der Waals surface area contributed by atoms with Gasteiger partial charge < -0.3 is 10.2 Å². The average Bonchev–Trinajstić information content (AvgIpc) is 2.99. The van der Waals surface area contributed by atoms with E-state index in [1.807, 2.05) is 24.3 Å². The standard InChI is InChI=1S/C20H20N2O/c1-19(2)16-10-6-7-11-17(16)22-14-18(23)21-20(19,22)13-12-15-8-4-3-5-9-15/h3-13H,14H2,1-2H3,(H,21,23)/t20-/m0/s1. The molecule has 0 unspecified atom stereocenters. The summed E-state index contributed by atoms with van der Waals surface area (Å²) in [5.41, 5.74) is 2.84. The van der Waals surface area contributed by atoms with E-state index in [0.29, 0.717) is 6.54 Å². The van der Waals surface area contributed by atoms with Crippen molar-refractivity contribution in [1.82, 2.24) is 5.32 Å². The van der Waals surface area contributed by atoms with Gasteiger partial charge >= 0.3 is 0 Å². The number of rotatable bonds is 2. The molecule has 0 bridgehead atoms. The van der Waals surface area contributed by atoms with Crippen LogP contribution in [0.1, 0.15) is 25.0 Å². The van der Waals surface area contributed by atoms with E-state index in [4.69, 9.17) is 0 Å². The minimum atomic E-state index is -0.510. The van der Waals surface area contributed by atoms with Crippen LogP contribution in [0.5, 0.6) is 0 Å². The molecule has 23 heavy (non-hydrogen) atoms. The summed E-state index contributed by atoms with van der Waals surface area (Å²) in [6, 6.07) is 18.6. The lowest BCUT2D eigenvalue weighted by molar-refractivity contribution is -0.118. The number of benzene rings is 2. The van der Waals surface area contributed by atoms with E-state index in [-0.39, 0.29) is 11.3 Å². The van der Waals surface area contributed by atoms with E-state index in [1.165, 1.54) is 5.56 Å². The number of amides is 1. The predicted molar refractivity (Wildman–Crippen MR) is 93.2 cm³/mol. The van der Waals surface area contributed by atoms with E-state index < -0.39 is 5.66 Å². The fourth-order valence-corrected chi connectivity index (χ4v) is 3.92. The molecule has 2 heterocycles. The number of carbonyl (C=O) groups is 1. The highest BCUT2D eigenvalue weighted by Crippen LogP contribution is 2.52. The van der Waals surface area contributed by atoms with Gasteiger partial charge in [0.25, 0.3) is 0 Å². The molecule has 1 atom stereocenters. The normalized spacial score (nSPS) is 24.6. The third-order valence-corrected chi connectivity index (χ3v) is 5.20.